The number of nitrogens with one attached hydrogen (secondary N) is 2. The highest BCUT2D eigenvalue weighted by Gasteiger charge is 2.20. The number of amides is 1. The molecule has 3 aromatic carbocycles. The second-order valence-electron chi connectivity index (χ2n) is 9.51. The molecule has 5 rings (SSSR count). The molecule has 12 heteroatoms. The standard InChI is InChI=1S/C29H33N5O5S2/c1-3-39-24-9-12-26-27(20-24)40-29(31-26)34-17-15-33(16-18-34)14-13-30-28(35)21-5-4-6-22(19-21)32-41(36,37)25-10-7-23(38-2)8-11-25/h4-12,19-20,32H,3,13-18H2,1-2H3,(H,30,35). The Bertz CT molecular complexity index is 1600. The highest BCUT2D eigenvalue weighted by atomic mass is 32.2. The lowest BCUT2D eigenvalue weighted by Crippen LogP contribution is -2.48. The lowest BCUT2D eigenvalue weighted by atomic mass is 10.2. The Hall–Kier alpha value is -3.87. The number of piperazine rings is 1. The number of anilines is 2. The molecule has 4 aromatic rings. The van der Waals surface area contributed by atoms with Crippen molar-refractivity contribution < 1.29 is 22.7 Å². The number of benzene rings is 3. The van der Waals surface area contributed by atoms with Crippen molar-refractivity contribution in [3.8, 4) is 11.5 Å². The Morgan fingerprint density at radius 3 is 2.49 bits per heavy atom. The lowest BCUT2D eigenvalue weighted by molar-refractivity contribution is 0.0947. The number of methoxy groups -OCH3 is 1. The van der Waals surface area contributed by atoms with Crippen LogP contribution < -0.4 is 24.4 Å². The first kappa shape index (κ1) is 28.7. The van der Waals surface area contributed by atoms with E-state index in [0.717, 1.165) is 53.8 Å². The van der Waals surface area contributed by atoms with Crippen molar-refractivity contribution >= 4 is 48.3 Å². The molecule has 1 aliphatic heterocycles. The molecule has 2 heterocycles. The Morgan fingerprint density at radius 1 is 1.00 bits per heavy atom. The van der Waals surface area contributed by atoms with Gasteiger partial charge < -0.3 is 19.7 Å². The summed E-state index contributed by atoms with van der Waals surface area (Å²) >= 11 is 1.68. The van der Waals surface area contributed by atoms with Crippen LogP contribution in [0.2, 0.25) is 0 Å². The van der Waals surface area contributed by atoms with E-state index in [4.69, 9.17) is 14.5 Å². The first-order chi connectivity index (χ1) is 19.8. The molecule has 0 spiro atoms. The van der Waals surface area contributed by atoms with Gasteiger partial charge in [0.25, 0.3) is 15.9 Å². The van der Waals surface area contributed by atoms with Gasteiger partial charge in [-0.05, 0) is 67.6 Å². The summed E-state index contributed by atoms with van der Waals surface area (Å²) in [5.41, 5.74) is 1.68. The van der Waals surface area contributed by atoms with E-state index in [1.807, 2.05) is 25.1 Å². The van der Waals surface area contributed by atoms with Gasteiger partial charge in [-0.2, -0.15) is 0 Å². The molecule has 1 fully saturated rings. The van der Waals surface area contributed by atoms with E-state index in [0.29, 0.717) is 30.2 Å². The second kappa shape index (κ2) is 12.8. The van der Waals surface area contributed by atoms with Gasteiger partial charge in [0.05, 0.1) is 28.8 Å². The van der Waals surface area contributed by atoms with Crippen LogP contribution in [0.1, 0.15) is 17.3 Å². The van der Waals surface area contributed by atoms with Gasteiger partial charge in [0, 0.05) is 50.5 Å². The summed E-state index contributed by atoms with van der Waals surface area (Å²) in [7, 11) is -2.29. The molecule has 41 heavy (non-hydrogen) atoms. The number of aromatic nitrogens is 1. The number of hydrogen-bond donors (Lipinski definition) is 2. The molecule has 0 atom stereocenters. The first-order valence-electron chi connectivity index (χ1n) is 13.4. The smallest absolute Gasteiger partial charge is 0.261 e. The summed E-state index contributed by atoms with van der Waals surface area (Å²) in [5.74, 6) is 1.17. The molecule has 0 radical (unpaired) electrons. The van der Waals surface area contributed by atoms with Crippen LogP contribution in [0, 0.1) is 0 Å². The molecule has 1 amide bonds. The summed E-state index contributed by atoms with van der Waals surface area (Å²) in [5, 5.41) is 3.97. The third-order valence-corrected chi connectivity index (χ3v) is 9.24. The first-order valence-corrected chi connectivity index (χ1v) is 15.7. The van der Waals surface area contributed by atoms with Crippen molar-refractivity contribution in [3.05, 3.63) is 72.3 Å². The highest BCUT2D eigenvalue weighted by Crippen LogP contribution is 2.32. The zero-order chi connectivity index (χ0) is 28.8. The number of ether oxygens (including phenoxy) is 2. The van der Waals surface area contributed by atoms with Gasteiger partial charge in [0.1, 0.15) is 11.5 Å². The SMILES string of the molecule is CCOc1ccc2nc(N3CCN(CCNC(=O)c4cccc(NS(=O)(=O)c5ccc(OC)cc5)c4)CC3)sc2c1. The number of carbonyl (C=O) groups excluding carboxylic acids is 1. The van der Waals surface area contributed by atoms with E-state index < -0.39 is 10.0 Å². The van der Waals surface area contributed by atoms with Crippen molar-refractivity contribution in [2.45, 2.75) is 11.8 Å². The second-order valence-corrected chi connectivity index (χ2v) is 12.2. The minimum atomic E-state index is -3.81. The fourth-order valence-corrected chi connectivity index (χ4v) is 6.66. The van der Waals surface area contributed by atoms with Crippen LogP contribution >= 0.6 is 11.3 Å². The van der Waals surface area contributed by atoms with Crippen LogP contribution in [0.15, 0.2) is 71.6 Å². The molecular formula is C29H33N5O5S2. The van der Waals surface area contributed by atoms with Crippen molar-refractivity contribution in [1.82, 2.24) is 15.2 Å². The van der Waals surface area contributed by atoms with E-state index >= 15 is 0 Å². The molecule has 0 saturated carbocycles. The lowest BCUT2D eigenvalue weighted by Gasteiger charge is -2.34. The molecule has 1 aromatic heterocycles. The van der Waals surface area contributed by atoms with Crippen LogP contribution in [0.25, 0.3) is 10.2 Å². The third kappa shape index (κ3) is 7.07. The minimum absolute atomic E-state index is 0.104. The monoisotopic (exact) mass is 595 g/mol. The van der Waals surface area contributed by atoms with E-state index in [2.05, 4.69) is 19.8 Å². The number of thiazole rings is 1. The molecule has 216 valence electrons. The highest BCUT2D eigenvalue weighted by molar-refractivity contribution is 7.92. The Labute approximate surface area is 243 Å². The van der Waals surface area contributed by atoms with Gasteiger partial charge in [-0.25, -0.2) is 13.4 Å². The van der Waals surface area contributed by atoms with Crippen LogP contribution in [0.3, 0.4) is 0 Å². The third-order valence-electron chi connectivity index (χ3n) is 6.76. The number of sulfonamides is 1. The maximum Gasteiger partial charge on any atom is 0.261 e. The Morgan fingerprint density at radius 2 is 1.76 bits per heavy atom. The van der Waals surface area contributed by atoms with Crippen molar-refractivity contribution in [2.24, 2.45) is 0 Å². The predicted octanol–water partition coefficient (Wildman–Crippen LogP) is 4.06. The fourth-order valence-electron chi connectivity index (χ4n) is 4.57. The van der Waals surface area contributed by atoms with E-state index in [-0.39, 0.29) is 10.8 Å². The van der Waals surface area contributed by atoms with Gasteiger partial charge in [0.2, 0.25) is 0 Å². The van der Waals surface area contributed by atoms with Gasteiger partial charge in [-0.3, -0.25) is 14.4 Å². The fraction of sp³-hybridized carbons (Fsp3) is 0.310. The summed E-state index contributed by atoms with van der Waals surface area (Å²) in [6, 6.07) is 18.6. The van der Waals surface area contributed by atoms with Crippen LogP contribution in [-0.4, -0.2) is 77.2 Å². The number of carbonyl (C=O) groups is 1. The topological polar surface area (TPSA) is 113 Å². The molecule has 0 aliphatic carbocycles. The summed E-state index contributed by atoms with van der Waals surface area (Å²) in [6.45, 7) is 7.30. The molecule has 1 saturated heterocycles. The summed E-state index contributed by atoms with van der Waals surface area (Å²) in [4.78, 5) is 22.3. The molecule has 1 aliphatic rings. The average Bonchev–Trinajstić information content (AvgIpc) is 3.41. The zero-order valence-electron chi connectivity index (χ0n) is 23.0. The van der Waals surface area contributed by atoms with Crippen LogP contribution in [-0.2, 0) is 10.0 Å². The van der Waals surface area contributed by atoms with Gasteiger partial charge in [0.15, 0.2) is 5.13 Å². The van der Waals surface area contributed by atoms with Crippen molar-refractivity contribution in [2.75, 3.05) is 62.6 Å². The average molecular weight is 596 g/mol. The maximum atomic E-state index is 12.8. The molecular weight excluding hydrogens is 562 g/mol. The van der Waals surface area contributed by atoms with E-state index in [1.54, 1.807) is 41.7 Å². The van der Waals surface area contributed by atoms with Crippen LogP contribution in [0.5, 0.6) is 11.5 Å². The van der Waals surface area contributed by atoms with E-state index in [9.17, 15) is 13.2 Å². The molecule has 0 bridgehead atoms. The van der Waals surface area contributed by atoms with Gasteiger partial charge >= 0.3 is 0 Å². The quantitative estimate of drug-likeness (QED) is 0.267. The number of hydrogen-bond acceptors (Lipinski definition) is 9. The summed E-state index contributed by atoms with van der Waals surface area (Å²) < 4.78 is 39.9. The summed E-state index contributed by atoms with van der Waals surface area (Å²) in [6.07, 6.45) is 0. The Kier molecular flexibility index (Phi) is 8.91. The zero-order valence-corrected chi connectivity index (χ0v) is 24.6. The minimum Gasteiger partial charge on any atom is -0.497 e. The number of rotatable bonds is 11. The molecule has 2 N–H and O–H groups in total. The van der Waals surface area contributed by atoms with Crippen LogP contribution in [0.4, 0.5) is 10.8 Å². The number of nitrogens with zero attached hydrogens (tertiary/aromatic N) is 3. The van der Waals surface area contributed by atoms with E-state index in [1.165, 1.54) is 25.3 Å². The van der Waals surface area contributed by atoms with Crippen molar-refractivity contribution in [3.63, 3.8) is 0 Å². The predicted molar refractivity (Wildman–Crippen MR) is 162 cm³/mol. The number of fused-ring (bicyclic) bond motifs is 1. The molecule has 0 unspecified atom stereocenters. The van der Waals surface area contributed by atoms with Crippen molar-refractivity contribution in [1.29, 1.82) is 0 Å². The maximum absolute atomic E-state index is 12.8. The largest absolute Gasteiger partial charge is 0.497 e. The molecule has 10 nitrogen and oxygen atoms in total. The normalized spacial score (nSPS) is 14.1. The Balaban J connectivity index is 1.09. The van der Waals surface area contributed by atoms with Gasteiger partial charge in [-0.15, -0.1) is 0 Å². The van der Waals surface area contributed by atoms with Gasteiger partial charge in [-0.1, -0.05) is 17.4 Å².